The third-order valence-corrected chi connectivity index (χ3v) is 2.58. The first kappa shape index (κ1) is 14.1. The topological polar surface area (TPSA) is 76.4 Å². The van der Waals surface area contributed by atoms with Gasteiger partial charge >= 0.3 is 0 Å². The zero-order valence-corrected chi connectivity index (χ0v) is 11.5. The van der Waals surface area contributed by atoms with Crippen molar-refractivity contribution in [1.29, 1.82) is 0 Å². The number of amides is 1. The number of methoxy groups -OCH3 is 1. The first-order chi connectivity index (χ1) is 9.67. The molecule has 106 valence electrons. The van der Waals surface area contributed by atoms with Gasteiger partial charge in [-0.05, 0) is 19.1 Å². The molecular formula is C14H17N3O3. The summed E-state index contributed by atoms with van der Waals surface area (Å²) in [7, 11) is 1.58. The third-order valence-electron chi connectivity index (χ3n) is 2.58. The predicted octanol–water partition coefficient (Wildman–Crippen LogP) is 1.72. The molecule has 0 fully saturated rings. The van der Waals surface area contributed by atoms with Crippen molar-refractivity contribution in [2.24, 2.45) is 0 Å². The van der Waals surface area contributed by atoms with Crippen LogP contribution in [0.2, 0.25) is 0 Å². The predicted molar refractivity (Wildman–Crippen MR) is 74.6 cm³/mol. The van der Waals surface area contributed by atoms with Gasteiger partial charge in [-0.3, -0.25) is 10.1 Å². The summed E-state index contributed by atoms with van der Waals surface area (Å²) in [4.78, 5) is 15.8. The van der Waals surface area contributed by atoms with Crippen LogP contribution in [-0.2, 0) is 11.3 Å². The van der Waals surface area contributed by atoms with E-state index in [2.05, 4.69) is 15.6 Å². The van der Waals surface area contributed by atoms with E-state index in [4.69, 9.17) is 9.15 Å². The Bertz CT molecular complexity index is 581. The van der Waals surface area contributed by atoms with Crippen molar-refractivity contribution in [3.63, 3.8) is 0 Å². The van der Waals surface area contributed by atoms with Gasteiger partial charge < -0.3 is 14.5 Å². The van der Waals surface area contributed by atoms with Gasteiger partial charge in [0.25, 0.3) is 0 Å². The van der Waals surface area contributed by atoms with Crippen LogP contribution in [0.3, 0.4) is 0 Å². The number of aryl methyl sites for hydroxylation is 1. The molecule has 6 nitrogen and oxygen atoms in total. The Balaban J connectivity index is 1.77. The Morgan fingerprint density at radius 2 is 2.30 bits per heavy atom. The van der Waals surface area contributed by atoms with Crippen molar-refractivity contribution in [2.45, 2.75) is 13.5 Å². The van der Waals surface area contributed by atoms with Crippen LogP contribution in [0.5, 0.6) is 5.75 Å². The molecule has 1 heterocycles. The second-order valence-electron chi connectivity index (χ2n) is 4.25. The maximum atomic E-state index is 11.7. The molecule has 0 unspecified atom stereocenters. The van der Waals surface area contributed by atoms with E-state index in [0.29, 0.717) is 23.9 Å². The number of carbonyl (C=O) groups excluding carboxylic acids is 1. The molecule has 0 aliphatic heterocycles. The molecule has 0 aliphatic rings. The van der Waals surface area contributed by atoms with Gasteiger partial charge in [-0.1, -0.05) is 6.07 Å². The number of nitrogens with zero attached hydrogens (tertiary/aromatic N) is 1. The van der Waals surface area contributed by atoms with Gasteiger partial charge in [0.1, 0.15) is 11.5 Å². The van der Waals surface area contributed by atoms with Crippen molar-refractivity contribution in [2.75, 3.05) is 19.0 Å². The number of benzene rings is 1. The normalized spacial score (nSPS) is 10.3. The number of anilines is 1. The van der Waals surface area contributed by atoms with Crippen LogP contribution in [-0.4, -0.2) is 24.5 Å². The molecule has 0 atom stereocenters. The lowest BCUT2D eigenvalue weighted by Crippen LogP contribution is -2.27. The van der Waals surface area contributed by atoms with E-state index in [1.165, 1.54) is 0 Å². The fourth-order valence-corrected chi connectivity index (χ4v) is 1.67. The SMILES string of the molecule is COc1cccc(NC(=O)CNCc2ncc(C)o2)c1. The van der Waals surface area contributed by atoms with Crippen molar-refractivity contribution in [1.82, 2.24) is 10.3 Å². The zero-order chi connectivity index (χ0) is 14.4. The second-order valence-corrected chi connectivity index (χ2v) is 4.25. The van der Waals surface area contributed by atoms with Crippen LogP contribution < -0.4 is 15.4 Å². The molecule has 0 saturated heterocycles. The first-order valence-corrected chi connectivity index (χ1v) is 6.23. The summed E-state index contributed by atoms with van der Waals surface area (Å²) >= 11 is 0. The summed E-state index contributed by atoms with van der Waals surface area (Å²) in [6, 6.07) is 7.20. The number of aromatic nitrogens is 1. The number of hydrogen-bond acceptors (Lipinski definition) is 5. The van der Waals surface area contributed by atoms with Crippen LogP contribution >= 0.6 is 0 Å². The number of rotatable bonds is 6. The molecule has 0 saturated carbocycles. The fraction of sp³-hybridized carbons (Fsp3) is 0.286. The number of carbonyl (C=O) groups is 1. The van der Waals surface area contributed by atoms with Gasteiger partial charge in [-0.2, -0.15) is 0 Å². The largest absolute Gasteiger partial charge is 0.497 e. The van der Waals surface area contributed by atoms with Crippen LogP contribution in [0.4, 0.5) is 5.69 Å². The number of hydrogen-bond donors (Lipinski definition) is 2. The molecule has 2 aromatic rings. The Hall–Kier alpha value is -2.34. The minimum Gasteiger partial charge on any atom is -0.497 e. The minimum atomic E-state index is -0.137. The van der Waals surface area contributed by atoms with Crippen LogP contribution in [0.25, 0.3) is 0 Å². The van der Waals surface area contributed by atoms with E-state index in [0.717, 1.165) is 5.76 Å². The lowest BCUT2D eigenvalue weighted by molar-refractivity contribution is -0.115. The number of nitrogens with one attached hydrogen (secondary N) is 2. The molecular weight excluding hydrogens is 258 g/mol. The summed E-state index contributed by atoms with van der Waals surface area (Å²) in [5.41, 5.74) is 0.697. The highest BCUT2D eigenvalue weighted by Gasteiger charge is 2.05. The molecule has 2 rings (SSSR count). The number of ether oxygens (including phenoxy) is 1. The van der Waals surface area contributed by atoms with Crippen LogP contribution in [0.15, 0.2) is 34.9 Å². The molecule has 6 heteroatoms. The summed E-state index contributed by atoms with van der Waals surface area (Å²) < 4.78 is 10.4. The Labute approximate surface area is 117 Å². The van der Waals surface area contributed by atoms with Gasteiger partial charge in [-0.25, -0.2) is 4.98 Å². The Morgan fingerprint density at radius 3 is 3.00 bits per heavy atom. The summed E-state index contributed by atoms with van der Waals surface area (Å²) in [6.07, 6.45) is 1.65. The maximum absolute atomic E-state index is 11.7. The monoisotopic (exact) mass is 275 g/mol. The average Bonchev–Trinajstić information content (AvgIpc) is 2.84. The van der Waals surface area contributed by atoms with Crippen molar-refractivity contribution >= 4 is 11.6 Å². The van der Waals surface area contributed by atoms with Gasteiger partial charge in [0.05, 0.1) is 26.4 Å². The molecule has 0 spiro atoms. The van der Waals surface area contributed by atoms with E-state index >= 15 is 0 Å². The molecule has 1 aromatic carbocycles. The van der Waals surface area contributed by atoms with Crippen molar-refractivity contribution < 1.29 is 13.9 Å². The first-order valence-electron chi connectivity index (χ1n) is 6.23. The zero-order valence-electron chi connectivity index (χ0n) is 11.5. The van der Waals surface area contributed by atoms with E-state index in [1.807, 2.05) is 19.1 Å². The fourth-order valence-electron chi connectivity index (χ4n) is 1.67. The Kier molecular flexibility index (Phi) is 4.73. The molecule has 20 heavy (non-hydrogen) atoms. The summed E-state index contributed by atoms with van der Waals surface area (Å²) in [5, 5.41) is 5.74. The number of oxazole rings is 1. The molecule has 0 aliphatic carbocycles. The smallest absolute Gasteiger partial charge is 0.238 e. The minimum absolute atomic E-state index is 0.137. The van der Waals surface area contributed by atoms with Crippen LogP contribution in [0.1, 0.15) is 11.7 Å². The second kappa shape index (κ2) is 6.72. The highest BCUT2D eigenvalue weighted by molar-refractivity contribution is 5.92. The third kappa shape index (κ3) is 4.10. The molecule has 2 N–H and O–H groups in total. The quantitative estimate of drug-likeness (QED) is 0.839. The van der Waals surface area contributed by atoms with E-state index in [9.17, 15) is 4.79 Å². The van der Waals surface area contributed by atoms with E-state index < -0.39 is 0 Å². The molecule has 0 radical (unpaired) electrons. The Morgan fingerprint density at radius 1 is 1.45 bits per heavy atom. The lowest BCUT2D eigenvalue weighted by atomic mass is 10.3. The average molecular weight is 275 g/mol. The summed E-state index contributed by atoms with van der Waals surface area (Å²) in [5.74, 6) is 1.88. The molecule has 1 amide bonds. The molecule has 0 bridgehead atoms. The standard InChI is InChI=1S/C14H17N3O3/c1-10-7-16-14(20-10)9-15-8-13(18)17-11-4-3-5-12(6-11)19-2/h3-7,15H,8-9H2,1-2H3,(H,17,18). The maximum Gasteiger partial charge on any atom is 0.238 e. The lowest BCUT2D eigenvalue weighted by Gasteiger charge is -2.07. The van der Waals surface area contributed by atoms with E-state index in [1.54, 1.807) is 25.4 Å². The van der Waals surface area contributed by atoms with Crippen molar-refractivity contribution in [3.05, 3.63) is 42.1 Å². The van der Waals surface area contributed by atoms with Gasteiger partial charge in [0.2, 0.25) is 11.8 Å². The van der Waals surface area contributed by atoms with Gasteiger partial charge in [0, 0.05) is 11.8 Å². The van der Waals surface area contributed by atoms with E-state index in [-0.39, 0.29) is 12.5 Å². The van der Waals surface area contributed by atoms with Gasteiger partial charge in [0.15, 0.2) is 0 Å². The highest BCUT2D eigenvalue weighted by atomic mass is 16.5. The summed E-state index contributed by atoms with van der Waals surface area (Å²) in [6.45, 7) is 2.42. The van der Waals surface area contributed by atoms with Crippen molar-refractivity contribution in [3.8, 4) is 5.75 Å². The highest BCUT2D eigenvalue weighted by Crippen LogP contribution is 2.16. The van der Waals surface area contributed by atoms with Gasteiger partial charge in [-0.15, -0.1) is 0 Å². The van der Waals surface area contributed by atoms with Crippen LogP contribution in [0, 0.1) is 6.92 Å². The molecule has 1 aromatic heterocycles.